The van der Waals surface area contributed by atoms with Gasteiger partial charge in [-0.3, -0.25) is 4.79 Å². The van der Waals surface area contributed by atoms with Crippen LogP contribution in [0, 0.1) is 0 Å². The molecule has 1 aliphatic heterocycles. The summed E-state index contributed by atoms with van der Waals surface area (Å²) in [6.45, 7) is 0. The lowest BCUT2D eigenvalue weighted by molar-refractivity contribution is -0.117. The molecule has 1 atom stereocenters. The Bertz CT molecular complexity index is 420. The van der Waals surface area contributed by atoms with Crippen LogP contribution in [0.2, 0.25) is 5.02 Å². The largest absolute Gasteiger partial charge is 0.496 e. The quantitative estimate of drug-likeness (QED) is 0.805. The molecule has 1 unspecified atom stereocenters. The van der Waals surface area contributed by atoms with Crippen LogP contribution in [0.4, 0.5) is 5.69 Å². The summed E-state index contributed by atoms with van der Waals surface area (Å²) in [5, 5.41) is 6.17. The zero-order valence-corrected chi connectivity index (χ0v) is 9.18. The number of likely N-dealkylation sites (N-methyl/N-ethyl adjacent to an activating group) is 1. The highest BCUT2D eigenvalue weighted by molar-refractivity contribution is 6.34. The summed E-state index contributed by atoms with van der Waals surface area (Å²) in [4.78, 5) is 11.6. The summed E-state index contributed by atoms with van der Waals surface area (Å²) < 4.78 is 5.20. The second-order valence-corrected chi connectivity index (χ2v) is 3.66. The van der Waals surface area contributed by atoms with Gasteiger partial charge in [-0.05, 0) is 19.2 Å². The molecule has 1 amide bonds. The van der Waals surface area contributed by atoms with E-state index in [2.05, 4.69) is 10.6 Å². The van der Waals surface area contributed by atoms with Crippen molar-refractivity contribution in [3.63, 3.8) is 0 Å². The average molecular weight is 227 g/mol. The Kier molecular flexibility index (Phi) is 2.54. The molecule has 0 saturated heterocycles. The number of carbonyl (C=O) groups is 1. The molecule has 1 heterocycles. The van der Waals surface area contributed by atoms with Crippen LogP contribution in [0.3, 0.4) is 0 Å². The molecule has 0 fully saturated rings. The molecule has 0 aromatic heterocycles. The third-order valence-electron chi connectivity index (χ3n) is 2.46. The fourth-order valence-electron chi connectivity index (χ4n) is 1.77. The van der Waals surface area contributed by atoms with Gasteiger partial charge in [0.25, 0.3) is 0 Å². The maximum atomic E-state index is 11.6. The van der Waals surface area contributed by atoms with E-state index >= 15 is 0 Å². The summed E-state index contributed by atoms with van der Waals surface area (Å²) in [5.41, 5.74) is 1.41. The van der Waals surface area contributed by atoms with Crippen LogP contribution in [0.15, 0.2) is 12.1 Å². The molecule has 0 spiro atoms. The smallest absolute Gasteiger partial charge is 0.246 e. The number of benzene rings is 1. The molecule has 0 radical (unpaired) electrons. The van der Waals surface area contributed by atoms with Crippen molar-refractivity contribution in [3.8, 4) is 5.75 Å². The van der Waals surface area contributed by atoms with Gasteiger partial charge in [0.05, 0.1) is 17.8 Å². The summed E-state index contributed by atoms with van der Waals surface area (Å²) in [6, 6.07) is 3.07. The molecule has 1 aromatic carbocycles. The van der Waals surface area contributed by atoms with Crippen LogP contribution in [-0.2, 0) is 4.79 Å². The number of carbonyl (C=O) groups excluding carboxylic acids is 1. The van der Waals surface area contributed by atoms with Crippen molar-refractivity contribution >= 4 is 23.2 Å². The molecule has 0 saturated carbocycles. The highest BCUT2D eigenvalue weighted by atomic mass is 35.5. The predicted octanol–water partition coefficient (Wildman–Crippen LogP) is 1.56. The highest BCUT2D eigenvalue weighted by Gasteiger charge is 2.33. The fourth-order valence-corrected chi connectivity index (χ4v) is 1.98. The Morgan fingerprint density at radius 2 is 2.27 bits per heavy atom. The fraction of sp³-hybridized carbons (Fsp3) is 0.300. The van der Waals surface area contributed by atoms with E-state index < -0.39 is 6.04 Å². The number of ether oxygens (including phenoxy) is 1. The normalized spacial score (nSPS) is 18.6. The Morgan fingerprint density at radius 1 is 1.53 bits per heavy atom. The first-order valence-electron chi connectivity index (χ1n) is 4.53. The van der Waals surface area contributed by atoms with Gasteiger partial charge < -0.3 is 15.4 Å². The minimum Gasteiger partial charge on any atom is -0.496 e. The van der Waals surface area contributed by atoms with E-state index in [0.717, 1.165) is 5.56 Å². The lowest BCUT2D eigenvalue weighted by Crippen LogP contribution is -2.24. The first-order chi connectivity index (χ1) is 7.19. The van der Waals surface area contributed by atoms with Crippen molar-refractivity contribution in [1.82, 2.24) is 5.32 Å². The number of fused-ring (bicyclic) bond motifs is 1. The molecular formula is C10H11ClN2O2. The number of rotatable bonds is 2. The Balaban J connectivity index is 2.61. The van der Waals surface area contributed by atoms with Crippen molar-refractivity contribution in [3.05, 3.63) is 22.7 Å². The predicted molar refractivity (Wildman–Crippen MR) is 58.4 cm³/mol. The zero-order chi connectivity index (χ0) is 11.0. The number of hydrogen-bond acceptors (Lipinski definition) is 3. The van der Waals surface area contributed by atoms with Crippen LogP contribution in [0.5, 0.6) is 5.75 Å². The summed E-state index contributed by atoms with van der Waals surface area (Å²) >= 11 is 5.99. The molecular weight excluding hydrogens is 216 g/mol. The first-order valence-corrected chi connectivity index (χ1v) is 4.91. The van der Waals surface area contributed by atoms with Crippen molar-refractivity contribution in [1.29, 1.82) is 0 Å². The standard InChI is InChI=1S/C10H11ClN2O2/c1-12-9-7-6(15-2)4-3-5(11)8(7)13-10(9)14/h3-4,9,12H,1-2H3,(H,13,14). The van der Waals surface area contributed by atoms with E-state index in [1.165, 1.54) is 0 Å². The summed E-state index contributed by atoms with van der Waals surface area (Å²) in [6.07, 6.45) is 0. The maximum Gasteiger partial charge on any atom is 0.246 e. The van der Waals surface area contributed by atoms with E-state index in [0.29, 0.717) is 16.5 Å². The lowest BCUT2D eigenvalue weighted by Gasteiger charge is -2.11. The van der Waals surface area contributed by atoms with Crippen LogP contribution >= 0.6 is 11.6 Å². The van der Waals surface area contributed by atoms with Crippen molar-refractivity contribution in [2.45, 2.75) is 6.04 Å². The van der Waals surface area contributed by atoms with Crippen molar-refractivity contribution in [2.75, 3.05) is 19.5 Å². The van der Waals surface area contributed by atoms with Crippen LogP contribution < -0.4 is 15.4 Å². The number of methoxy groups -OCH3 is 1. The zero-order valence-electron chi connectivity index (χ0n) is 8.43. The van der Waals surface area contributed by atoms with Crippen LogP contribution in [0.1, 0.15) is 11.6 Å². The van der Waals surface area contributed by atoms with Gasteiger partial charge in [0.2, 0.25) is 5.91 Å². The minimum atomic E-state index is -0.395. The third kappa shape index (κ3) is 1.46. The number of amides is 1. The average Bonchev–Trinajstić information content (AvgIpc) is 2.56. The molecule has 1 aromatic rings. The van der Waals surface area contributed by atoms with E-state index in [4.69, 9.17) is 16.3 Å². The number of anilines is 1. The molecule has 4 nitrogen and oxygen atoms in total. The SMILES string of the molecule is CNC1C(=O)Nc2c(Cl)ccc(OC)c21. The van der Waals surface area contributed by atoms with Crippen molar-refractivity contribution in [2.24, 2.45) is 0 Å². The van der Waals surface area contributed by atoms with Gasteiger partial charge in [-0.1, -0.05) is 11.6 Å². The Morgan fingerprint density at radius 3 is 2.87 bits per heavy atom. The molecule has 2 rings (SSSR count). The summed E-state index contributed by atoms with van der Waals surface area (Å²) in [5.74, 6) is 0.547. The first kappa shape index (κ1) is 10.3. The number of nitrogens with one attached hydrogen (secondary N) is 2. The number of halogens is 1. The summed E-state index contributed by atoms with van der Waals surface area (Å²) in [7, 11) is 3.29. The van der Waals surface area contributed by atoms with E-state index in [-0.39, 0.29) is 5.91 Å². The van der Waals surface area contributed by atoms with E-state index in [9.17, 15) is 4.79 Å². The molecule has 80 valence electrons. The van der Waals surface area contributed by atoms with Gasteiger partial charge >= 0.3 is 0 Å². The Labute approximate surface area is 92.6 Å². The van der Waals surface area contributed by atoms with Crippen LogP contribution in [-0.4, -0.2) is 20.1 Å². The Hall–Kier alpha value is -1.26. The minimum absolute atomic E-state index is 0.112. The third-order valence-corrected chi connectivity index (χ3v) is 2.78. The molecule has 1 aliphatic rings. The maximum absolute atomic E-state index is 11.6. The number of hydrogen-bond donors (Lipinski definition) is 2. The molecule has 15 heavy (non-hydrogen) atoms. The van der Waals surface area contributed by atoms with E-state index in [1.54, 1.807) is 26.3 Å². The topological polar surface area (TPSA) is 50.4 Å². The molecule has 0 bridgehead atoms. The van der Waals surface area contributed by atoms with Gasteiger partial charge in [-0.2, -0.15) is 0 Å². The van der Waals surface area contributed by atoms with Crippen molar-refractivity contribution < 1.29 is 9.53 Å². The second-order valence-electron chi connectivity index (χ2n) is 3.25. The van der Waals surface area contributed by atoms with Gasteiger partial charge in [0.15, 0.2) is 0 Å². The van der Waals surface area contributed by atoms with Gasteiger partial charge in [0, 0.05) is 5.56 Å². The van der Waals surface area contributed by atoms with E-state index in [1.807, 2.05) is 0 Å². The van der Waals surface area contributed by atoms with Gasteiger partial charge in [-0.25, -0.2) is 0 Å². The lowest BCUT2D eigenvalue weighted by atomic mass is 10.1. The van der Waals surface area contributed by atoms with Gasteiger partial charge in [0.1, 0.15) is 11.8 Å². The second kappa shape index (κ2) is 3.72. The van der Waals surface area contributed by atoms with Gasteiger partial charge in [-0.15, -0.1) is 0 Å². The molecule has 2 N–H and O–H groups in total. The monoisotopic (exact) mass is 226 g/mol. The highest BCUT2D eigenvalue weighted by Crippen LogP contribution is 2.42. The molecule has 5 heteroatoms. The molecule has 0 aliphatic carbocycles. The van der Waals surface area contributed by atoms with Crippen LogP contribution in [0.25, 0.3) is 0 Å².